The number of rotatable bonds is 2. The largest absolute Gasteiger partial charge is 0.396 e. The average molecular weight is 217 g/mol. The zero-order valence-electron chi connectivity index (χ0n) is 7.00. The Hall–Kier alpha value is -0.240. The van der Waals surface area contributed by atoms with Crippen LogP contribution in [0.5, 0.6) is 0 Å². The smallest absolute Gasteiger partial charge is 0.0627 e. The molecule has 0 aliphatic heterocycles. The number of hydrogen-bond donors (Lipinski definition) is 1. The van der Waals surface area contributed by atoms with Crippen LogP contribution in [-0.2, 0) is 0 Å². The van der Waals surface area contributed by atoms with Crippen LogP contribution in [-0.4, -0.2) is 11.7 Å². The molecule has 1 N–H and O–H groups in total. The van der Waals surface area contributed by atoms with Gasteiger partial charge in [-0.1, -0.05) is 35.3 Å². The lowest BCUT2D eigenvalue weighted by Crippen LogP contribution is -1.89. The molecular formula is C10H10Cl2O. The van der Waals surface area contributed by atoms with Crippen LogP contribution in [0, 0.1) is 5.92 Å². The Balaban J connectivity index is 2.27. The normalized spacial score (nSPS) is 26.1. The highest BCUT2D eigenvalue weighted by molar-refractivity contribution is 6.42. The van der Waals surface area contributed by atoms with Gasteiger partial charge in [-0.25, -0.2) is 0 Å². The summed E-state index contributed by atoms with van der Waals surface area (Å²) < 4.78 is 0. The van der Waals surface area contributed by atoms with Gasteiger partial charge in [-0.2, -0.15) is 0 Å². The van der Waals surface area contributed by atoms with E-state index in [1.807, 2.05) is 12.1 Å². The van der Waals surface area contributed by atoms with Gasteiger partial charge in [0.1, 0.15) is 0 Å². The van der Waals surface area contributed by atoms with E-state index in [-0.39, 0.29) is 6.61 Å². The highest BCUT2D eigenvalue weighted by Gasteiger charge is 2.38. The molecule has 0 amide bonds. The molecule has 1 aromatic rings. The molecule has 0 heterocycles. The van der Waals surface area contributed by atoms with Crippen molar-refractivity contribution in [2.75, 3.05) is 6.61 Å². The van der Waals surface area contributed by atoms with Crippen molar-refractivity contribution in [1.29, 1.82) is 0 Å². The topological polar surface area (TPSA) is 20.2 Å². The van der Waals surface area contributed by atoms with Gasteiger partial charge in [0.25, 0.3) is 0 Å². The maximum Gasteiger partial charge on any atom is 0.0627 e. The quantitative estimate of drug-likeness (QED) is 0.806. The van der Waals surface area contributed by atoms with Crippen LogP contribution in [0.2, 0.25) is 10.0 Å². The summed E-state index contributed by atoms with van der Waals surface area (Å²) in [4.78, 5) is 0. The van der Waals surface area contributed by atoms with E-state index in [0.29, 0.717) is 21.9 Å². The first-order chi connectivity index (χ1) is 6.24. The summed E-state index contributed by atoms with van der Waals surface area (Å²) in [5.41, 5.74) is 1.08. The molecule has 0 radical (unpaired) electrons. The first-order valence-electron chi connectivity index (χ1n) is 4.28. The van der Waals surface area contributed by atoms with E-state index >= 15 is 0 Å². The third-order valence-corrected chi connectivity index (χ3v) is 3.37. The van der Waals surface area contributed by atoms with Crippen LogP contribution >= 0.6 is 23.2 Å². The SMILES string of the molecule is OC[C@@H]1C[C@H]1c1cccc(Cl)c1Cl. The number of aliphatic hydroxyl groups is 1. The van der Waals surface area contributed by atoms with Crippen molar-refractivity contribution in [2.24, 2.45) is 5.92 Å². The molecule has 70 valence electrons. The number of hydrogen-bond acceptors (Lipinski definition) is 1. The van der Waals surface area contributed by atoms with Crippen molar-refractivity contribution in [3.05, 3.63) is 33.8 Å². The molecule has 13 heavy (non-hydrogen) atoms. The minimum atomic E-state index is 0.244. The zero-order valence-corrected chi connectivity index (χ0v) is 8.52. The summed E-state index contributed by atoms with van der Waals surface area (Å²) in [7, 11) is 0. The molecule has 0 saturated heterocycles. The first-order valence-corrected chi connectivity index (χ1v) is 5.04. The van der Waals surface area contributed by atoms with Crippen molar-refractivity contribution in [3.8, 4) is 0 Å². The second-order valence-electron chi connectivity index (χ2n) is 3.43. The van der Waals surface area contributed by atoms with E-state index < -0.39 is 0 Å². The Morgan fingerprint density at radius 2 is 2.15 bits per heavy atom. The highest BCUT2D eigenvalue weighted by Crippen LogP contribution is 2.50. The van der Waals surface area contributed by atoms with E-state index in [1.54, 1.807) is 6.07 Å². The molecule has 0 aromatic heterocycles. The predicted molar refractivity (Wildman–Crippen MR) is 54.4 cm³/mol. The molecule has 1 saturated carbocycles. The fraction of sp³-hybridized carbons (Fsp3) is 0.400. The highest BCUT2D eigenvalue weighted by atomic mass is 35.5. The number of aliphatic hydroxyl groups excluding tert-OH is 1. The van der Waals surface area contributed by atoms with Crippen LogP contribution < -0.4 is 0 Å². The summed E-state index contributed by atoms with van der Waals surface area (Å²) in [5, 5.41) is 10.2. The summed E-state index contributed by atoms with van der Waals surface area (Å²) >= 11 is 11.9. The molecule has 0 unspecified atom stereocenters. The monoisotopic (exact) mass is 216 g/mol. The van der Waals surface area contributed by atoms with Gasteiger partial charge in [0.15, 0.2) is 0 Å². The van der Waals surface area contributed by atoms with Gasteiger partial charge < -0.3 is 5.11 Å². The van der Waals surface area contributed by atoms with E-state index in [0.717, 1.165) is 12.0 Å². The van der Waals surface area contributed by atoms with Gasteiger partial charge in [0.2, 0.25) is 0 Å². The molecule has 3 heteroatoms. The Kier molecular flexibility index (Phi) is 2.50. The minimum absolute atomic E-state index is 0.244. The van der Waals surface area contributed by atoms with Gasteiger partial charge in [-0.05, 0) is 29.9 Å². The molecule has 2 rings (SSSR count). The van der Waals surface area contributed by atoms with Gasteiger partial charge in [0, 0.05) is 6.61 Å². The number of benzene rings is 1. The van der Waals surface area contributed by atoms with Crippen molar-refractivity contribution in [1.82, 2.24) is 0 Å². The second-order valence-corrected chi connectivity index (χ2v) is 4.21. The molecule has 0 spiro atoms. The molecule has 1 nitrogen and oxygen atoms in total. The standard InChI is InChI=1S/C10H10Cl2O/c11-9-3-1-2-7(10(9)12)8-4-6(8)5-13/h1-3,6,8,13H,4-5H2/t6-,8+/m0/s1. The molecular weight excluding hydrogens is 207 g/mol. The zero-order chi connectivity index (χ0) is 9.42. The Labute approximate surface area is 87.3 Å². The third-order valence-electron chi connectivity index (χ3n) is 2.54. The van der Waals surface area contributed by atoms with Gasteiger partial charge in [0.05, 0.1) is 10.0 Å². The van der Waals surface area contributed by atoms with Crippen LogP contribution in [0.15, 0.2) is 18.2 Å². The lowest BCUT2D eigenvalue weighted by molar-refractivity contribution is 0.274. The fourth-order valence-corrected chi connectivity index (χ4v) is 2.09. The Morgan fingerprint density at radius 1 is 1.38 bits per heavy atom. The average Bonchev–Trinajstić information content (AvgIpc) is 2.89. The molecule has 0 bridgehead atoms. The maximum atomic E-state index is 8.92. The lowest BCUT2D eigenvalue weighted by Gasteiger charge is -2.03. The number of halogens is 2. The maximum absolute atomic E-state index is 8.92. The molecule has 1 aromatic carbocycles. The van der Waals surface area contributed by atoms with Gasteiger partial charge in [-0.3, -0.25) is 0 Å². The van der Waals surface area contributed by atoms with Gasteiger partial charge >= 0.3 is 0 Å². The molecule has 1 aliphatic carbocycles. The summed E-state index contributed by atoms with van der Waals surface area (Å²) in [5.74, 6) is 0.798. The van der Waals surface area contributed by atoms with Crippen LogP contribution in [0.25, 0.3) is 0 Å². The third kappa shape index (κ3) is 1.69. The van der Waals surface area contributed by atoms with Crippen molar-refractivity contribution >= 4 is 23.2 Å². The van der Waals surface area contributed by atoms with Crippen LogP contribution in [0.3, 0.4) is 0 Å². The second kappa shape index (κ2) is 3.49. The van der Waals surface area contributed by atoms with E-state index in [1.165, 1.54) is 0 Å². The Bertz CT molecular complexity index is 325. The summed E-state index contributed by atoms with van der Waals surface area (Å²) in [6.45, 7) is 0.244. The molecule has 2 atom stereocenters. The predicted octanol–water partition coefficient (Wildman–Crippen LogP) is 3.09. The first kappa shape index (κ1) is 9.32. The molecule has 1 aliphatic rings. The Morgan fingerprint density at radius 3 is 2.77 bits per heavy atom. The van der Waals surface area contributed by atoms with Gasteiger partial charge in [-0.15, -0.1) is 0 Å². The summed E-state index contributed by atoms with van der Waals surface area (Å²) in [6, 6.07) is 5.66. The summed E-state index contributed by atoms with van der Waals surface area (Å²) in [6.07, 6.45) is 1.02. The van der Waals surface area contributed by atoms with Crippen LogP contribution in [0.4, 0.5) is 0 Å². The van der Waals surface area contributed by atoms with E-state index in [4.69, 9.17) is 28.3 Å². The van der Waals surface area contributed by atoms with Crippen LogP contribution in [0.1, 0.15) is 17.9 Å². The fourth-order valence-electron chi connectivity index (χ4n) is 1.64. The van der Waals surface area contributed by atoms with E-state index in [2.05, 4.69) is 0 Å². The lowest BCUT2D eigenvalue weighted by atomic mass is 10.1. The van der Waals surface area contributed by atoms with Crippen molar-refractivity contribution in [2.45, 2.75) is 12.3 Å². The van der Waals surface area contributed by atoms with E-state index in [9.17, 15) is 0 Å². The van der Waals surface area contributed by atoms with Crippen molar-refractivity contribution < 1.29 is 5.11 Å². The van der Waals surface area contributed by atoms with Crippen molar-refractivity contribution in [3.63, 3.8) is 0 Å². The minimum Gasteiger partial charge on any atom is -0.396 e. The molecule has 1 fully saturated rings.